The molecule has 2 aromatic rings. The molecule has 0 saturated carbocycles. The molecule has 2 rings (SSSR count). The van der Waals surface area contributed by atoms with Crippen LogP contribution in [-0.4, -0.2) is 11.9 Å². The van der Waals surface area contributed by atoms with Crippen molar-refractivity contribution in [2.75, 3.05) is 0 Å². The van der Waals surface area contributed by atoms with Crippen LogP contribution in [0.1, 0.15) is 37.6 Å². The second-order valence-electron chi connectivity index (χ2n) is 4.56. The maximum absolute atomic E-state index is 11.7. The number of ketones is 1. The van der Waals surface area contributed by atoms with E-state index < -0.39 is 0 Å². The Morgan fingerprint density at radius 3 is 2.61 bits per heavy atom. The average molecular weight is 242 g/mol. The largest absolute Gasteiger partial charge is 0.489 e. The molecule has 1 atom stereocenters. The predicted octanol–water partition coefficient (Wildman–Crippen LogP) is 4.22. The number of hydrogen-bond acceptors (Lipinski definition) is 2. The van der Waals surface area contributed by atoms with Gasteiger partial charge in [-0.1, -0.05) is 37.3 Å². The van der Waals surface area contributed by atoms with Gasteiger partial charge in [0.2, 0.25) is 0 Å². The van der Waals surface area contributed by atoms with Gasteiger partial charge in [0.25, 0.3) is 0 Å². The molecule has 0 aliphatic rings. The van der Waals surface area contributed by atoms with E-state index in [9.17, 15) is 4.79 Å². The highest BCUT2D eigenvalue weighted by Crippen LogP contribution is 2.31. The first-order valence-corrected chi connectivity index (χ1v) is 6.32. The number of ether oxygens (including phenoxy) is 1. The number of carbonyl (C=O) groups excluding carboxylic acids is 1. The molecule has 0 fully saturated rings. The van der Waals surface area contributed by atoms with E-state index in [1.54, 1.807) is 6.92 Å². The number of carbonyl (C=O) groups is 1. The molecule has 0 heterocycles. The molecule has 0 aliphatic heterocycles. The van der Waals surface area contributed by atoms with E-state index >= 15 is 0 Å². The highest BCUT2D eigenvalue weighted by molar-refractivity contribution is 6.03. The predicted molar refractivity (Wildman–Crippen MR) is 74.3 cm³/mol. The van der Waals surface area contributed by atoms with E-state index in [-0.39, 0.29) is 11.9 Å². The molecule has 0 radical (unpaired) electrons. The molecule has 0 saturated heterocycles. The quantitative estimate of drug-likeness (QED) is 0.750. The molecule has 2 nitrogen and oxygen atoms in total. The molecule has 0 aromatic heterocycles. The second-order valence-corrected chi connectivity index (χ2v) is 4.56. The average Bonchev–Trinajstić information content (AvgIpc) is 2.38. The lowest BCUT2D eigenvalue weighted by atomic mass is 10.0. The van der Waals surface area contributed by atoms with Crippen molar-refractivity contribution >= 4 is 16.6 Å². The Morgan fingerprint density at radius 1 is 1.22 bits per heavy atom. The van der Waals surface area contributed by atoms with Crippen molar-refractivity contribution in [1.82, 2.24) is 0 Å². The lowest BCUT2D eigenvalue weighted by Gasteiger charge is -2.17. The minimum atomic E-state index is 0.0408. The standard InChI is InChI=1S/C16H18O2/c1-4-11(2)18-16-14(12(3)17)10-9-13-7-5-6-8-15(13)16/h5-11H,4H2,1-3H3. The Labute approximate surface area is 108 Å². The maximum atomic E-state index is 11.7. The zero-order chi connectivity index (χ0) is 13.1. The Morgan fingerprint density at radius 2 is 1.94 bits per heavy atom. The topological polar surface area (TPSA) is 26.3 Å². The third-order valence-electron chi connectivity index (χ3n) is 3.15. The van der Waals surface area contributed by atoms with E-state index in [0.29, 0.717) is 5.56 Å². The highest BCUT2D eigenvalue weighted by Gasteiger charge is 2.14. The van der Waals surface area contributed by atoms with Crippen molar-refractivity contribution in [3.8, 4) is 5.75 Å². The van der Waals surface area contributed by atoms with Crippen molar-refractivity contribution in [2.24, 2.45) is 0 Å². The summed E-state index contributed by atoms with van der Waals surface area (Å²) in [5.41, 5.74) is 0.661. The summed E-state index contributed by atoms with van der Waals surface area (Å²) in [5, 5.41) is 2.10. The summed E-state index contributed by atoms with van der Waals surface area (Å²) in [7, 11) is 0. The van der Waals surface area contributed by atoms with Crippen molar-refractivity contribution in [1.29, 1.82) is 0 Å². The summed E-state index contributed by atoms with van der Waals surface area (Å²) in [4.78, 5) is 11.7. The van der Waals surface area contributed by atoms with E-state index in [2.05, 4.69) is 6.92 Å². The van der Waals surface area contributed by atoms with Gasteiger partial charge in [-0.25, -0.2) is 0 Å². The van der Waals surface area contributed by atoms with Gasteiger partial charge in [-0.15, -0.1) is 0 Å². The Kier molecular flexibility index (Phi) is 3.66. The van der Waals surface area contributed by atoms with E-state index in [0.717, 1.165) is 22.9 Å². The van der Waals surface area contributed by atoms with Crippen LogP contribution in [0.2, 0.25) is 0 Å². The zero-order valence-corrected chi connectivity index (χ0v) is 11.1. The third kappa shape index (κ3) is 2.37. The Bertz CT molecular complexity index is 572. The minimum Gasteiger partial charge on any atom is -0.489 e. The number of Topliss-reactive ketones (excluding diaryl/α,β-unsaturated/α-hetero) is 1. The fourth-order valence-electron chi connectivity index (χ4n) is 1.93. The molecule has 0 spiro atoms. The van der Waals surface area contributed by atoms with Crippen LogP contribution in [0.15, 0.2) is 36.4 Å². The molecule has 0 N–H and O–H groups in total. The van der Waals surface area contributed by atoms with Crippen LogP contribution in [0.25, 0.3) is 10.8 Å². The van der Waals surface area contributed by atoms with Crippen molar-refractivity contribution < 1.29 is 9.53 Å². The summed E-state index contributed by atoms with van der Waals surface area (Å²) < 4.78 is 5.95. The van der Waals surface area contributed by atoms with Gasteiger partial charge in [0.15, 0.2) is 5.78 Å². The summed E-state index contributed by atoms with van der Waals surface area (Å²) in [5.74, 6) is 0.758. The zero-order valence-electron chi connectivity index (χ0n) is 11.1. The van der Waals surface area contributed by atoms with Crippen LogP contribution in [0.5, 0.6) is 5.75 Å². The van der Waals surface area contributed by atoms with Gasteiger partial charge in [0.05, 0.1) is 11.7 Å². The van der Waals surface area contributed by atoms with Crippen LogP contribution in [-0.2, 0) is 0 Å². The first-order valence-electron chi connectivity index (χ1n) is 6.32. The molecular weight excluding hydrogens is 224 g/mol. The Hall–Kier alpha value is -1.83. The summed E-state index contributed by atoms with van der Waals surface area (Å²) >= 11 is 0. The van der Waals surface area contributed by atoms with Crippen LogP contribution >= 0.6 is 0 Å². The van der Waals surface area contributed by atoms with Gasteiger partial charge in [-0.2, -0.15) is 0 Å². The molecule has 0 bridgehead atoms. The van der Waals surface area contributed by atoms with Gasteiger partial charge in [0, 0.05) is 5.39 Å². The monoisotopic (exact) mass is 242 g/mol. The number of rotatable bonds is 4. The van der Waals surface area contributed by atoms with Gasteiger partial charge in [-0.3, -0.25) is 4.79 Å². The van der Waals surface area contributed by atoms with Gasteiger partial charge >= 0.3 is 0 Å². The summed E-state index contributed by atoms with van der Waals surface area (Å²) in [6, 6.07) is 11.8. The molecule has 0 aliphatic carbocycles. The maximum Gasteiger partial charge on any atom is 0.163 e. The fourth-order valence-corrected chi connectivity index (χ4v) is 1.93. The number of benzene rings is 2. The smallest absolute Gasteiger partial charge is 0.163 e. The summed E-state index contributed by atoms with van der Waals surface area (Å²) in [6.45, 7) is 5.67. The number of fused-ring (bicyclic) bond motifs is 1. The van der Waals surface area contributed by atoms with E-state index in [1.165, 1.54) is 0 Å². The lowest BCUT2D eigenvalue weighted by Crippen LogP contribution is -2.12. The summed E-state index contributed by atoms with van der Waals surface area (Å²) in [6.07, 6.45) is 1.02. The van der Waals surface area contributed by atoms with Crippen molar-refractivity contribution in [2.45, 2.75) is 33.3 Å². The van der Waals surface area contributed by atoms with Gasteiger partial charge in [0.1, 0.15) is 5.75 Å². The number of hydrogen-bond donors (Lipinski definition) is 0. The van der Waals surface area contributed by atoms with Crippen molar-refractivity contribution in [3.63, 3.8) is 0 Å². The molecule has 18 heavy (non-hydrogen) atoms. The fraction of sp³-hybridized carbons (Fsp3) is 0.312. The first kappa shape index (κ1) is 12.6. The van der Waals surface area contributed by atoms with E-state index in [4.69, 9.17) is 4.74 Å². The lowest BCUT2D eigenvalue weighted by molar-refractivity contribution is 0.101. The van der Waals surface area contributed by atoms with Crippen molar-refractivity contribution in [3.05, 3.63) is 42.0 Å². The second kappa shape index (κ2) is 5.21. The molecule has 94 valence electrons. The third-order valence-corrected chi connectivity index (χ3v) is 3.15. The first-order chi connectivity index (χ1) is 8.63. The van der Waals surface area contributed by atoms with Gasteiger partial charge < -0.3 is 4.74 Å². The minimum absolute atomic E-state index is 0.0408. The molecular formula is C16H18O2. The van der Waals surface area contributed by atoms with Crippen LogP contribution in [0.4, 0.5) is 0 Å². The molecule has 0 amide bonds. The van der Waals surface area contributed by atoms with Crippen LogP contribution in [0, 0.1) is 0 Å². The SMILES string of the molecule is CCC(C)Oc1c(C(C)=O)ccc2ccccc12. The highest BCUT2D eigenvalue weighted by atomic mass is 16.5. The molecule has 2 aromatic carbocycles. The molecule has 1 unspecified atom stereocenters. The van der Waals surface area contributed by atoms with Gasteiger partial charge in [-0.05, 0) is 31.7 Å². The Balaban J connectivity index is 2.62. The van der Waals surface area contributed by atoms with E-state index in [1.807, 2.05) is 43.3 Å². The normalized spacial score (nSPS) is 12.4. The van der Waals surface area contributed by atoms with Crippen LogP contribution < -0.4 is 4.74 Å². The molecule has 2 heteroatoms. The van der Waals surface area contributed by atoms with Crippen LogP contribution in [0.3, 0.4) is 0 Å².